The lowest BCUT2D eigenvalue weighted by Gasteiger charge is -2.13. The molecular weight excluding hydrogens is 326 g/mol. The van der Waals surface area contributed by atoms with Crippen LogP contribution in [0.5, 0.6) is 0 Å². The van der Waals surface area contributed by atoms with Gasteiger partial charge in [0.05, 0.1) is 5.69 Å². The fraction of sp³-hybridized carbons (Fsp3) is 0.0476. The first kappa shape index (κ1) is 15.9. The summed E-state index contributed by atoms with van der Waals surface area (Å²) >= 11 is 0. The number of anilines is 1. The van der Waals surface area contributed by atoms with Crippen LogP contribution in [0.15, 0.2) is 78.5 Å². The Labute approximate surface area is 151 Å². The van der Waals surface area contributed by atoms with Crippen molar-refractivity contribution < 1.29 is 9.59 Å². The third-order valence-corrected chi connectivity index (χ3v) is 4.29. The van der Waals surface area contributed by atoms with Crippen LogP contribution in [0.2, 0.25) is 0 Å². The van der Waals surface area contributed by atoms with Gasteiger partial charge in [0.25, 0.3) is 11.8 Å². The van der Waals surface area contributed by atoms with Crippen molar-refractivity contribution in [2.24, 2.45) is 0 Å². The summed E-state index contributed by atoms with van der Waals surface area (Å²) in [6.07, 6.45) is 3.53. The summed E-state index contributed by atoms with van der Waals surface area (Å²) in [5.74, 6) is -0.770. The van der Waals surface area contributed by atoms with Gasteiger partial charge in [0.2, 0.25) is 0 Å². The van der Waals surface area contributed by atoms with Crippen molar-refractivity contribution >= 4 is 23.6 Å². The molecule has 0 radical (unpaired) electrons. The van der Waals surface area contributed by atoms with Gasteiger partial charge in [-0.15, -0.1) is 0 Å². The van der Waals surface area contributed by atoms with Crippen LogP contribution in [0.4, 0.5) is 5.69 Å². The number of benzene rings is 2. The molecule has 2 amide bonds. The van der Waals surface area contributed by atoms with Gasteiger partial charge in [-0.25, -0.2) is 5.01 Å². The Morgan fingerprint density at radius 1 is 0.846 bits per heavy atom. The van der Waals surface area contributed by atoms with Gasteiger partial charge in [0, 0.05) is 17.6 Å². The van der Waals surface area contributed by atoms with Crippen molar-refractivity contribution in [3.05, 3.63) is 89.8 Å². The number of carbonyl (C=O) groups is 2. The Bertz CT molecular complexity index is 1000. The number of carbonyl (C=O) groups excluding carboxylic acids is 2. The van der Waals surface area contributed by atoms with E-state index in [0.717, 1.165) is 11.4 Å². The summed E-state index contributed by atoms with van der Waals surface area (Å²) in [6, 6.07) is 20.9. The zero-order chi connectivity index (χ0) is 18.1. The zero-order valence-corrected chi connectivity index (χ0v) is 14.2. The van der Waals surface area contributed by atoms with Crippen molar-refractivity contribution in [3.8, 4) is 5.69 Å². The first-order valence-electron chi connectivity index (χ1n) is 8.30. The van der Waals surface area contributed by atoms with E-state index in [4.69, 9.17) is 0 Å². The number of rotatable bonds is 3. The van der Waals surface area contributed by atoms with Gasteiger partial charge in [-0.05, 0) is 49.4 Å². The molecule has 1 aromatic heterocycles. The molecule has 0 saturated carbocycles. The molecule has 2 heterocycles. The van der Waals surface area contributed by atoms with Crippen LogP contribution in [0.3, 0.4) is 0 Å². The number of amides is 2. The summed E-state index contributed by atoms with van der Waals surface area (Å²) in [5, 5.41) is 1.27. The van der Waals surface area contributed by atoms with Gasteiger partial charge < -0.3 is 4.57 Å². The van der Waals surface area contributed by atoms with Crippen LogP contribution < -0.4 is 10.4 Å². The first-order valence-corrected chi connectivity index (χ1v) is 8.30. The molecule has 3 aromatic rings. The fourth-order valence-electron chi connectivity index (χ4n) is 2.92. The number of aryl methyl sites for hydroxylation is 1. The second-order valence-electron chi connectivity index (χ2n) is 6.11. The van der Waals surface area contributed by atoms with E-state index in [-0.39, 0.29) is 11.5 Å². The lowest BCUT2D eigenvalue weighted by molar-refractivity contribution is -0.117. The molecule has 1 saturated heterocycles. The molecule has 0 unspecified atom stereocenters. The van der Waals surface area contributed by atoms with E-state index in [1.165, 1.54) is 10.6 Å². The standard InChI is InChI=1S/C21H17N3O2/c1-15-9-11-16(12-10-15)23-13-5-8-18(23)14-19-20(25)22-24(21(19)26)17-6-3-2-4-7-17/h2-14H,1H3,(H,22,25)/b19-14-. The van der Waals surface area contributed by atoms with E-state index < -0.39 is 5.91 Å². The summed E-state index contributed by atoms with van der Waals surface area (Å²) in [6.45, 7) is 2.03. The topological polar surface area (TPSA) is 54.3 Å². The molecule has 5 heteroatoms. The van der Waals surface area contributed by atoms with E-state index in [9.17, 15) is 9.59 Å². The fourth-order valence-corrected chi connectivity index (χ4v) is 2.92. The molecule has 4 rings (SSSR count). The van der Waals surface area contributed by atoms with Gasteiger partial charge in [0.15, 0.2) is 0 Å². The van der Waals surface area contributed by atoms with Gasteiger partial charge >= 0.3 is 0 Å². The van der Waals surface area contributed by atoms with Gasteiger partial charge in [0.1, 0.15) is 5.57 Å². The Balaban J connectivity index is 1.69. The molecule has 128 valence electrons. The minimum absolute atomic E-state index is 0.112. The number of nitrogens with one attached hydrogen (secondary N) is 1. The SMILES string of the molecule is Cc1ccc(-n2cccc2/C=C2/C(=O)NN(c3ccccc3)C2=O)cc1. The molecule has 1 aliphatic rings. The lowest BCUT2D eigenvalue weighted by Crippen LogP contribution is -2.35. The van der Waals surface area contributed by atoms with Crippen LogP contribution in [0.25, 0.3) is 11.8 Å². The molecule has 0 spiro atoms. The maximum atomic E-state index is 12.7. The minimum Gasteiger partial charge on any atom is -0.317 e. The Hall–Kier alpha value is -3.60. The first-order chi connectivity index (χ1) is 12.6. The largest absolute Gasteiger partial charge is 0.317 e. The number of hydrazine groups is 1. The molecule has 1 aliphatic heterocycles. The maximum absolute atomic E-state index is 12.7. The predicted molar refractivity (Wildman–Crippen MR) is 101 cm³/mol. The van der Waals surface area contributed by atoms with Crippen LogP contribution in [-0.4, -0.2) is 16.4 Å². The van der Waals surface area contributed by atoms with Crippen LogP contribution in [0.1, 0.15) is 11.3 Å². The highest BCUT2D eigenvalue weighted by Gasteiger charge is 2.34. The number of para-hydroxylation sites is 1. The van der Waals surface area contributed by atoms with Crippen molar-refractivity contribution in [2.75, 3.05) is 5.01 Å². The van der Waals surface area contributed by atoms with Crippen molar-refractivity contribution in [1.82, 2.24) is 9.99 Å². The molecule has 0 atom stereocenters. The van der Waals surface area contributed by atoms with Crippen LogP contribution >= 0.6 is 0 Å². The molecule has 0 bridgehead atoms. The Morgan fingerprint density at radius 3 is 2.31 bits per heavy atom. The van der Waals surface area contributed by atoms with Gasteiger partial charge in [-0.3, -0.25) is 15.0 Å². The van der Waals surface area contributed by atoms with E-state index >= 15 is 0 Å². The van der Waals surface area contributed by atoms with E-state index in [1.807, 2.05) is 72.3 Å². The molecular formula is C21H17N3O2. The highest BCUT2D eigenvalue weighted by Crippen LogP contribution is 2.22. The summed E-state index contributed by atoms with van der Waals surface area (Å²) in [4.78, 5) is 25.0. The van der Waals surface area contributed by atoms with Crippen molar-refractivity contribution in [1.29, 1.82) is 0 Å². The quantitative estimate of drug-likeness (QED) is 0.586. The molecule has 0 aliphatic carbocycles. The number of aromatic nitrogens is 1. The highest BCUT2D eigenvalue weighted by molar-refractivity contribution is 6.31. The average molecular weight is 343 g/mol. The third-order valence-electron chi connectivity index (χ3n) is 4.29. The van der Waals surface area contributed by atoms with Crippen molar-refractivity contribution in [2.45, 2.75) is 6.92 Å². The third kappa shape index (κ3) is 2.80. The normalized spacial score (nSPS) is 15.6. The summed E-state index contributed by atoms with van der Waals surface area (Å²) in [7, 11) is 0. The van der Waals surface area contributed by atoms with Gasteiger partial charge in [-0.1, -0.05) is 35.9 Å². The summed E-state index contributed by atoms with van der Waals surface area (Å²) in [5.41, 5.74) is 6.26. The van der Waals surface area contributed by atoms with Gasteiger partial charge in [-0.2, -0.15) is 0 Å². The highest BCUT2D eigenvalue weighted by atomic mass is 16.2. The molecule has 2 aromatic carbocycles. The average Bonchev–Trinajstić information content (AvgIpc) is 3.23. The number of hydrogen-bond donors (Lipinski definition) is 1. The second-order valence-corrected chi connectivity index (χ2v) is 6.11. The van der Waals surface area contributed by atoms with E-state index in [0.29, 0.717) is 5.69 Å². The predicted octanol–water partition coefficient (Wildman–Crippen LogP) is 3.25. The Kier molecular flexibility index (Phi) is 3.89. The van der Waals surface area contributed by atoms with E-state index in [1.54, 1.807) is 18.2 Å². The molecule has 26 heavy (non-hydrogen) atoms. The number of hydrogen-bond acceptors (Lipinski definition) is 2. The molecule has 1 N–H and O–H groups in total. The summed E-state index contributed by atoms with van der Waals surface area (Å²) < 4.78 is 1.94. The smallest absolute Gasteiger partial charge is 0.282 e. The van der Waals surface area contributed by atoms with Crippen LogP contribution in [-0.2, 0) is 9.59 Å². The second kappa shape index (κ2) is 6.37. The monoisotopic (exact) mass is 343 g/mol. The minimum atomic E-state index is -0.407. The molecule has 5 nitrogen and oxygen atoms in total. The van der Waals surface area contributed by atoms with E-state index in [2.05, 4.69) is 5.43 Å². The lowest BCUT2D eigenvalue weighted by atomic mass is 10.2. The number of nitrogens with zero attached hydrogens (tertiary/aromatic N) is 2. The molecule has 1 fully saturated rings. The Morgan fingerprint density at radius 2 is 1.58 bits per heavy atom. The zero-order valence-electron chi connectivity index (χ0n) is 14.2. The van der Waals surface area contributed by atoms with Crippen molar-refractivity contribution in [3.63, 3.8) is 0 Å². The van der Waals surface area contributed by atoms with Crippen LogP contribution in [0, 0.1) is 6.92 Å². The maximum Gasteiger partial charge on any atom is 0.282 e.